The van der Waals surface area contributed by atoms with Crippen molar-refractivity contribution in [3.05, 3.63) is 29.1 Å². The Bertz CT molecular complexity index is 844. The van der Waals surface area contributed by atoms with E-state index < -0.39 is 60.0 Å². The summed E-state index contributed by atoms with van der Waals surface area (Å²) in [4.78, 5) is 52.7. The van der Waals surface area contributed by atoms with Gasteiger partial charge in [-0.1, -0.05) is 0 Å². The third-order valence-electron chi connectivity index (χ3n) is 5.29. The summed E-state index contributed by atoms with van der Waals surface area (Å²) in [6, 6.07) is 1.51. The van der Waals surface area contributed by atoms with Gasteiger partial charge in [0.25, 0.3) is 0 Å². The van der Waals surface area contributed by atoms with Crippen LogP contribution in [0, 0.1) is 17.8 Å². The van der Waals surface area contributed by atoms with Crippen molar-refractivity contribution in [1.82, 2.24) is 4.98 Å². The first-order chi connectivity index (χ1) is 13.6. The summed E-state index contributed by atoms with van der Waals surface area (Å²) in [5, 5.41) is 0. The molecule has 0 saturated heterocycles. The fourth-order valence-corrected chi connectivity index (χ4v) is 3.81. The van der Waals surface area contributed by atoms with Crippen LogP contribution in [0.5, 0.6) is 0 Å². The van der Waals surface area contributed by atoms with Crippen molar-refractivity contribution in [2.24, 2.45) is 17.8 Å². The van der Waals surface area contributed by atoms with Crippen LogP contribution in [0.2, 0.25) is 0 Å². The molecular formula is C19H18F3NO6. The SMILES string of the molecule is COC(=O)COCc1nc(C(F)(F)F)ccc1C(=O)C1C(=O)C2CCC(C2)C1=O. The number of carbonyl (C=O) groups excluding carboxylic acids is 4. The summed E-state index contributed by atoms with van der Waals surface area (Å²) >= 11 is 0. The normalized spacial score (nSPS) is 23.9. The molecule has 0 aromatic carbocycles. The summed E-state index contributed by atoms with van der Waals surface area (Å²) in [5.41, 5.74) is -1.95. The monoisotopic (exact) mass is 413 g/mol. The molecule has 0 N–H and O–H groups in total. The molecule has 0 aliphatic heterocycles. The number of nitrogens with zero attached hydrogens (tertiary/aromatic N) is 1. The van der Waals surface area contributed by atoms with E-state index in [1.165, 1.54) is 0 Å². The van der Waals surface area contributed by atoms with Gasteiger partial charge in [0.1, 0.15) is 18.2 Å². The smallest absolute Gasteiger partial charge is 0.433 e. The molecule has 2 fully saturated rings. The molecule has 156 valence electrons. The van der Waals surface area contributed by atoms with E-state index >= 15 is 0 Å². The van der Waals surface area contributed by atoms with E-state index in [9.17, 15) is 32.3 Å². The van der Waals surface area contributed by atoms with E-state index in [1.54, 1.807) is 0 Å². The van der Waals surface area contributed by atoms with E-state index in [1.807, 2.05) is 0 Å². The lowest BCUT2D eigenvalue weighted by Crippen LogP contribution is -2.42. The molecular weight excluding hydrogens is 395 g/mol. The molecule has 2 atom stereocenters. The van der Waals surface area contributed by atoms with Gasteiger partial charge >= 0.3 is 12.1 Å². The number of hydrogen-bond donors (Lipinski definition) is 0. The van der Waals surface area contributed by atoms with Crippen LogP contribution < -0.4 is 0 Å². The lowest BCUT2D eigenvalue weighted by molar-refractivity contribution is -0.147. The standard InChI is InChI=1S/C19H18F3NO6/c1-28-14(24)8-29-7-12-11(4-5-13(23-12)19(20,21)22)18(27)15-16(25)9-2-3-10(6-9)17(15)26/h4-5,9-10,15H,2-3,6-8H2,1H3. The van der Waals surface area contributed by atoms with Crippen molar-refractivity contribution >= 4 is 23.3 Å². The van der Waals surface area contributed by atoms with Crippen LogP contribution in [-0.4, -0.2) is 42.0 Å². The Kier molecular flexibility index (Phi) is 5.83. The van der Waals surface area contributed by atoms with E-state index in [0.29, 0.717) is 25.3 Å². The molecule has 2 bridgehead atoms. The van der Waals surface area contributed by atoms with Crippen LogP contribution in [0.1, 0.15) is 41.0 Å². The third-order valence-corrected chi connectivity index (χ3v) is 5.29. The number of ketones is 3. The number of ether oxygens (including phenoxy) is 2. The molecule has 0 spiro atoms. The molecule has 7 nitrogen and oxygen atoms in total. The highest BCUT2D eigenvalue weighted by atomic mass is 19.4. The molecule has 1 aromatic rings. The number of methoxy groups -OCH3 is 1. The summed E-state index contributed by atoms with van der Waals surface area (Å²) in [6.07, 6.45) is -3.30. The highest BCUT2D eigenvalue weighted by Gasteiger charge is 2.50. The Morgan fingerprint density at radius 3 is 2.31 bits per heavy atom. The van der Waals surface area contributed by atoms with Gasteiger partial charge in [-0.25, -0.2) is 9.78 Å². The summed E-state index contributed by atoms with van der Waals surface area (Å²) in [5.74, 6) is -4.92. The van der Waals surface area contributed by atoms with E-state index in [4.69, 9.17) is 4.74 Å². The Hall–Kier alpha value is -2.62. The minimum atomic E-state index is -4.77. The summed E-state index contributed by atoms with van der Waals surface area (Å²) < 4.78 is 48.5. The van der Waals surface area contributed by atoms with E-state index in [0.717, 1.165) is 13.2 Å². The number of rotatable bonds is 6. The average Bonchev–Trinajstić information content (AvgIpc) is 3.12. The van der Waals surface area contributed by atoms with E-state index in [2.05, 4.69) is 9.72 Å². The van der Waals surface area contributed by atoms with Crippen molar-refractivity contribution < 1.29 is 41.8 Å². The van der Waals surface area contributed by atoms with Crippen LogP contribution >= 0.6 is 0 Å². The van der Waals surface area contributed by atoms with Crippen molar-refractivity contribution in [2.45, 2.75) is 32.0 Å². The fraction of sp³-hybridized carbons (Fsp3) is 0.526. The molecule has 10 heteroatoms. The molecule has 2 saturated carbocycles. The van der Waals surface area contributed by atoms with Crippen molar-refractivity contribution in [2.75, 3.05) is 13.7 Å². The Balaban J connectivity index is 1.92. The third kappa shape index (κ3) is 4.21. The molecule has 1 heterocycles. The largest absolute Gasteiger partial charge is 0.467 e. The van der Waals surface area contributed by atoms with Gasteiger partial charge in [-0.2, -0.15) is 13.2 Å². The minimum Gasteiger partial charge on any atom is -0.467 e. The lowest BCUT2D eigenvalue weighted by atomic mass is 9.75. The maximum atomic E-state index is 13.0. The number of fused-ring (bicyclic) bond motifs is 2. The number of halogens is 3. The van der Waals surface area contributed by atoms with Gasteiger partial charge in [-0.3, -0.25) is 14.4 Å². The second-order valence-electron chi connectivity index (χ2n) is 7.07. The topological polar surface area (TPSA) is 99.6 Å². The van der Waals surface area contributed by atoms with Gasteiger partial charge < -0.3 is 9.47 Å². The average molecular weight is 413 g/mol. The van der Waals surface area contributed by atoms with Gasteiger partial charge in [-0.15, -0.1) is 0 Å². The predicted octanol–water partition coefficient (Wildman–Crippen LogP) is 2.16. The second-order valence-corrected chi connectivity index (χ2v) is 7.07. The Morgan fingerprint density at radius 1 is 1.14 bits per heavy atom. The molecule has 2 unspecified atom stereocenters. The first-order valence-corrected chi connectivity index (χ1v) is 8.96. The highest BCUT2D eigenvalue weighted by Crippen LogP contribution is 2.41. The zero-order chi connectivity index (χ0) is 21.3. The van der Waals surface area contributed by atoms with Crippen molar-refractivity contribution in [3.8, 4) is 0 Å². The second kappa shape index (κ2) is 8.02. The highest BCUT2D eigenvalue weighted by molar-refractivity contribution is 6.26. The Labute approximate surface area is 163 Å². The molecule has 2 aliphatic rings. The zero-order valence-electron chi connectivity index (χ0n) is 15.5. The van der Waals surface area contributed by atoms with Crippen LogP contribution in [0.3, 0.4) is 0 Å². The van der Waals surface area contributed by atoms with Gasteiger partial charge in [0.15, 0.2) is 17.3 Å². The quantitative estimate of drug-likeness (QED) is 0.400. The molecule has 0 radical (unpaired) electrons. The first-order valence-electron chi connectivity index (χ1n) is 8.96. The molecule has 29 heavy (non-hydrogen) atoms. The fourth-order valence-electron chi connectivity index (χ4n) is 3.81. The zero-order valence-corrected chi connectivity index (χ0v) is 15.5. The van der Waals surface area contributed by atoms with Crippen LogP contribution in [-0.2, 0) is 36.6 Å². The Morgan fingerprint density at radius 2 is 1.76 bits per heavy atom. The number of alkyl halides is 3. The maximum Gasteiger partial charge on any atom is 0.433 e. The van der Waals surface area contributed by atoms with Gasteiger partial charge in [0.2, 0.25) is 0 Å². The number of esters is 1. The molecule has 1 aromatic heterocycles. The van der Waals surface area contributed by atoms with Crippen molar-refractivity contribution in [3.63, 3.8) is 0 Å². The number of aromatic nitrogens is 1. The number of carbonyl (C=O) groups is 4. The van der Waals surface area contributed by atoms with Gasteiger partial charge in [0, 0.05) is 17.4 Å². The number of Topliss-reactive ketones (excluding diaryl/α,β-unsaturated/α-hetero) is 3. The van der Waals surface area contributed by atoms with Gasteiger partial charge in [0.05, 0.1) is 19.4 Å². The van der Waals surface area contributed by atoms with Crippen LogP contribution in [0.15, 0.2) is 12.1 Å². The van der Waals surface area contributed by atoms with Crippen LogP contribution in [0.25, 0.3) is 0 Å². The van der Waals surface area contributed by atoms with Gasteiger partial charge in [-0.05, 0) is 31.4 Å². The number of hydrogen-bond acceptors (Lipinski definition) is 7. The summed E-state index contributed by atoms with van der Waals surface area (Å²) in [7, 11) is 1.11. The van der Waals surface area contributed by atoms with E-state index in [-0.39, 0.29) is 17.4 Å². The van der Waals surface area contributed by atoms with Crippen molar-refractivity contribution in [1.29, 1.82) is 0 Å². The summed E-state index contributed by atoms with van der Waals surface area (Å²) in [6.45, 7) is -1.16. The molecule has 2 aliphatic carbocycles. The minimum absolute atomic E-state index is 0.295. The van der Waals surface area contributed by atoms with Crippen LogP contribution in [0.4, 0.5) is 13.2 Å². The lowest BCUT2D eigenvalue weighted by Gasteiger charge is -2.25. The maximum absolute atomic E-state index is 13.0. The predicted molar refractivity (Wildman–Crippen MR) is 89.6 cm³/mol. The first kappa shape index (κ1) is 21.1. The molecule has 3 rings (SSSR count). The number of pyridine rings is 1. The molecule has 0 amide bonds.